The quantitative estimate of drug-likeness (QED) is 0.577. The van der Waals surface area contributed by atoms with Crippen LogP contribution in [0.5, 0.6) is 0 Å². The number of hydrogen-bond donors (Lipinski definition) is 0. The molecule has 0 aromatic heterocycles. The lowest BCUT2D eigenvalue weighted by Gasteiger charge is -2.23. The highest BCUT2D eigenvalue weighted by atomic mass is 16.6. The van der Waals surface area contributed by atoms with Gasteiger partial charge in [0.25, 0.3) is 11.6 Å². The lowest BCUT2D eigenvalue weighted by Crippen LogP contribution is -2.31. The average Bonchev–Trinajstić information content (AvgIpc) is 3.15. The van der Waals surface area contributed by atoms with Crippen LogP contribution in [0, 0.1) is 24.0 Å². The molecular weight excluding hydrogens is 342 g/mol. The van der Waals surface area contributed by atoms with Crippen molar-refractivity contribution in [2.45, 2.75) is 33.6 Å². The fourth-order valence-electron chi connectivity index (χ4n) is 3.73. The van der Waals surface area contributed by atoms with E-state index in [1.54, 1.807) is 17.0 Å². The summed E-state index contributed by atoms with van der Waals surface area (Å²) in [6.07, 6.45) is 2.07. The normalized spacial score (nSPS) is 13.7. The molecule has 2 aromatic rings. The Hall–Kier alpha value is -2.89. The van der Waals surface area contributed by atoms with Crippen molar-refractivity contribution in [1.82, 2.24) is 0 Å². The topological polar surface area (TPSA) is 66.7 Å². The Morgan fingerprint density at radius 1 is 1.11 bits per heavy atom. The zero-order valence-corrected chi connectivity index (χ0v) is 16.1. The predicted molar refractivity (Wildman–Crippen MR) is 108 cm³/mol. The summed E-state index contributed by atoms with van der Waals surface area (Å²) < 4.78 is 0. The molecule has 0 spiro atoms. The maximum atomic E-state index is 13.1. The van der Waals surface area contributed by atoms with E-state index in [1.807, 2.05) is 37.8 Å². The third-order valence-electron chi connectivity index (χ3n) is 4.95. The van der Waals surface area contributed by atoms with Crippen LogP contribution in [0.3, 0.4) is 0 Å². The molecule has 1 aliphatic rings. The standard InChI is InChI=1S/C21H25N3O3/c1-4-23(18-12-15(2)11-16(3)13-18)21(25)17-7-8-19(20(14-17)24(26)27)22-9-5-6-10-22/h7-8,11-14H,4-6,9-10H2,1-3H3. The van der Waals surface area contributed by atoms with Crippen LogP contribution in [0.25, 0.3) is 0 Å². The van der Waals surface area contributed by atoms with Gasteiger partial charge in [0.05, 0.1) is 4.92 Å². The number of anilines is 2. The minimum absolute atomic E-state index is 0.000717. The van der Waals surface area contributed by atoms with E-state index in [0.29, 0.717) is 17.8 Å². The molecule has 6 nitrogen and oxygen atoms in total. The van der Waals surface area contributed by atoms with E-state index in [1.165, 1.54) is 6.07 Å². The molecule has 0 N–H and O–H groups in total. The summed E-state index contributed by atoms with van der Waals surface area (Å²) in [6.45, 7) is 8.01. The number of rotatable bonds is 5. The molecule has 1 saturated heterocycles. The SMILES string of the molecule is CCN(C(=O)c1ccc(N2CCCC2)c([N+](=O)[O-])c1)c1cc(C)cc(C)c1. The van der Waals surface area contributed by atoms with Crippen LogP contribution in [0.15, 0.2) is 36.4 Å². The van der Waals surface area contributed by atoms with Crippen molar-refractivity contribution in [2.75, 3.05) is 29.4 Å². The Bertz CT molecular complexity index is 853. The molecule has 0 aliphatic carbocycles. The van der Waals surface area contributed by atoms with Gasteiger partial charge in [-0.1, -0.05) is 6.07 Å². The van der Waals surface area contributed by atoms with Crippen LogP contribution in [0.1, 0.15) is 41.3 Å². The summed E-state index contributed by atoms with van der Waals surface area (Å²) in [7, 11) is 0. The van der Waals surface area contributed by atoms with Gasteiger partial charge in [-0.25, -0.2) is 0 Å². The van der Waals surface area contributed by atoms with E-state index in [2.05, 4.69) is 6.07 Å². The summed E-state index contributed by atoms with van der Waals surface area (Å²) in [4.78, 5) is 28.0. The molecule has 1 heterocycles. The van der Waals surface area contributed by atoms with Gasteiger partial charge in [0.2, 0.25) is 0 Å². The first-order chi connectivity index (χ1) is 12.9. The maximum absolute atomic E-state index is 13.1. The minimum Gasteiger partial charge on any atom is -0.366 e. The van der Waals surface area contributed by atoms with Crippen molar-refractivity contribution in [1.29, 1.82) is 0 Å². The van der Waals surface area contributed by atoms with Crippen molar-refractivity contribution >= 4 is 23.0 Å². The number of benzene rings is 2. The van der Waals surface area contributed by atoms with Gasteiger partial charge in [0, 0.05) is 37.0 Å². The number of carbonyl (C=O) groups is 1. The van der Waals surface area contributed by atoms with Crippen molar-refractivity contribution in [3.05, 3.63) is 63.2 Å². The van der Waals surface area contributed by atoms with E-state index >= 15 is 0 Å². The number of hydrogen-bond acceptors (Lipinski definition) is 4. The summed E-state index contributed by atoms with van der Waals surface area (Å²) >= 11 is 0. The van der Waals surface area contributed by atoms with Crippen LogP contribution in [0.4, 0.5) is 17.1 Å². The third-order valence-corrected chi connectivity index (χ3v) is 4.95. The molecule has 1 amide bonds. The number of aryl methyl sites for hydroxylation is 2. The molecule has 0 saturated carbocycles. The molecule has 142 valence electrons. The van der Waals surface area contributed by atoms with Crippen molar-refractivity contribution in [3.63, 3.8) is 0 Å². The Morgan fingerprint density at radius 3 is 2.30 bits per heavy atom. The molecule has 0 unspecified atom stereocenters. The molecule has 0 atom stereocenters. The summed E-state index contributed by atoms with van der Waals surface area (Å²) in [5, 5.41) is 11.6. The fourth-order valence-corrected chi connectivity index (χ4v) is 3.73. The molecule has 0 bridgehead atoms. The predicted octanol–water partition coefficient (Wildman–Crippen LogP) is 4.48. The molecule has 1 fully saturated rings. The third kappa shape index (κ3) is 3.94. The van der Waals surface area contributed by atoms with Gasteiger partial charge in [-0.05, 0) is 69.0 Å². The highest BCUT2D eigenvalue weighted by Gasteiger charge is 2.25. The molecule has 27 heavy (non-hydrogen) atoms. The molecule has 3 rings (SSSR count). The van der Waals surface area contributed by atoms with E-state index < -0.39 is 4.92 Å². The lowest BCUT2D eigenvalue weighted by molar-refractivity contribution is -0.384. The molecule has 0 radical (unpaired) electrons. The molecule has 1 aliphatic heterocycles. The number of amides is 1. The number of nitro benzene ring substituents is 1. The van der Waals surface area contributed by atoms with Gasteiger partial charge in [0.15, 0.2) is 0 Å². The Balaban J connectivity index is 1.97. The second-order valence-corrected chi connectivity index (χ2v) is 7.05. The van der Waals surface area contributed by atoms with Crippen LogP contribution in [0.2, 0.25) is 0 Å². The van der Waals surface area contributed by atoms with Gasteiger partial charge in [-0.15, -0.1) is 0 Å². The minimum atomic E-state index is -0.391. The van der Waals surface area contributed by atoms with E-state index in [9.17, 15) is 14.9 Å². The summed E-state index contributed by atoms with van der Waals surface area (Å²) in [5.74, 6) is -0.224. The monoisotopic (exact) mass is 367 g/mol. The zero-order valence-electron chi connectivity index (χ0n) is 16.1. The summed E-state index contributed by atoms with van der Waals surface area (Å²) in [6, 6.07) is 10.8. The highest BCUT2D eigenvalue weighted by Crippen LogP contribution is 2.32. The largest absolute Gasteiger partial charge is 0.366 e. The number of carbonyl (C=O) groups excluding carboxylic acids is 1. The molecule has 6 heteroatoms. The number of nitro groups is 1. The van der Waals surface area contributed by atoms with Crippen LogP contribution in [-0.4, -0.2) is 30.5 Å². The first kappa shape index (κ1) is 18.9. The first-order valence-corrected chi connectivity index (χ1v) is 9.34. The Morgan fingerprint density at radius 2 is 1.74 bits per heavy atom. The lowest BCUT2D eigenvalue weighted by atomic mass is 10.1. The van der Waals surface area contributed by atoms with Gasteiger partial charge in [-0.3, -0.25) is 14.9 Å². The highest BCUT2D eigenvalue weighted by molar-refractivity contribution is 6.07. The van der Waals surface area contributed by atoms with Gasteiger partial charge in [0.1, 0.15) is 5.69 Å². The second-order valence-electron chi connectivity index (χ2n) is 7.05. The van der Waals surface area contributed by atoms with Gasteiger partial charge in [-0.2, -0.15) is 0 Å². The molecular formula is C21H25N3O3. The smallest absolute Gasteiger partial charge is 0.293 e. The van der Waals surface area contributed by atoms with Crippen molar-refractivity contribution in [3.8, 4) is 0 Å². The summed E-state index contributed by atoms with van der Waals surface area (Å²) in [5.41, 5.74) is 3.90. The van der Waals surface area contributed by atoms with E-state index in [0.717, 1.165) is 42.7 Å². The maximum Gasteiger partial charge on any atom is 0.293 e. The second kappa shape index (κ2) is 7.78. The molecule has 2 aromatic carbocycles. The average molecular weight is 367 g/mol. The first-order valence-electron chi connectivity index (χ1n) is 9.34. The van der Waals surface area contributed by atoms with Crippen molar-refractivity contribution in [2.24, 2.45) is 0 Å². The van der Waals surface area contributed by atoms with Crippen LogP contribution >= 0.6 is 0 Å². The van der Waals surface area contributed by atoms with E-state index in [4.69, 9.17) is 0 Å². The van der Waals surface area contributed by atoms with Crippen LogP contribution < -0.4 is 9.80 Å². The zero-order chi connectivity index (χ0) is 19.6. The van der Waals surface area contributed by atoms with Crippen LogP contribution in [-0.2, 0) is 0 Å². The van der Waals surface area contributed by atoms with Crippen molar-refractivity contribution < 1.29 is 9.72 Å². The fraction of sp³-hybridized carbons (Fsp3) is 0.381. The van der Waals surface area contributed by atoms with Gasteiger partial charge < -0.3 is 9.80 Å². The van der Waals surface area contributed by atoms with Gasteiger partial charge >= 0.3 is 0 Å². The number of nitrogens with zero attached hydrogens (tertiary/aromatic N) is 3. The Labute approximate surface area is 159 Å². The Kier molecular flexibility index (Phi) is 5.44. The van der Waals surface area contributed by atoms with E-state index in [-0.39, 0.29) is 11.6 Å².